The minimum absolute atomic E-state index is 0. The van der Waals surface area contributed by atoms with Crippen LogP contribution in [0.25, 0.3) is 11.0 Å². The van der Waals surface area contributed by atoms with Crippen LogP contribution in [0.15, 0.2) is 42.6 Å². The molecule has 0 bridgehead atoms. The molecule has 27 heavy (non-hydrogen) atoms. The Bertz CT molecular complexity index is 925. The molecule has 4 nitrogen and oxygen atoms in total. The van der Waals surface area contributed by atoms with E-state index in [4.69, 9.17) is 10.7 Å². The van der Waals surface area contributed by atoms with Crippen molar-refractivity contribution in [2.24, 2.45) is 11.7 Å². The van der Waals surface area contributed by atoms with Crippen LogP contribution in [0.5, 0.6) is 0 Å². The fourth-order valence-corrected chi connectivity index (χ4v) is 2.91. The third-order valence-electron chi connectivity index (χ3n) is 4.33. The Labute approximate surface area is 178 Å². The molecule has 0 unspecified atom stereocenters. The van der Waals surface area contributed by atoms with E-state index < -0.39 is 0 Å². The smallest absolute Gasteiger partial charge is 0.113 e. The van der Waals surface area contributed by atoms with Gasteiger partial charge in [-0.3, -0.25) is 0 Å². The number of rotatable bonds is 4. The number of imidazole rings is 1. The van der Waals surface area contributed by atoms with Crippen molar-refractivity contribution >= 4 is 48.3 Å². The molecule has 1 aliphatic rings. The van der Waals surface area contributed by atoms with Crippen molar-refractivity contribution in [1.29, 1.82) is 0 Å². The van der Waals surface area contributed by atoms with E-state index in [2.05, 4.69) is 39.6 Å². The molecule has 0 amide bonds. The van der Waals surface area contributed by atoms with Gasteiger partial charge in [-0.15, -0.1) is 37.2 Å². The lowest BCUT2D eigenvalue weighted by atomic mass is 10.2. The molecule has 2 aromatic heterocycles. The van der Waals surface area contributed by atoms with Crippen LogP contribution in [-0.2, 0) is 13.0 Å². The van der Waals surface area contributed by atoms with Gasteiger partial charge in [-0.25, -0.2) is 9.97 Å². The molecule has 1 aliphatic carbocycles. The van der Waals surface area contributed by atoms with Gasteiger partial charge in [0.05, 0.1) is 11.0 Å². The minimum atomic E-state index is 0. The van der Waals surface area contributed by atoms with Gasteiger partial charge in [0.1, 0.15) is 11.5 Å². The molecule has 0 spiro atoms. The lowest BCUT2D eigenvalue weighted by molar-refractivity contribution is 0.609. The van der Waals surface area contributed by atoms with Crippen molar-refractivity contribution in [2.75, 3.05) is 6.54 Å². The zero-order valence-electron chi connectivity index (χ0n) is 14.8. The average molecular weight is 426 g/mol. The van der Waals surface area contributed by atoms with Crippen molar-refractivity contribution in [1.82, 2.24) is 14.5 Å². The summed E-state index contributed by atoms with van der Waals surface area (Å²) in [6.45, 7) is 1.69. The molecule has 4 rings (SSSR count). The van der Waals surface area contributed by atoms with E-state index in [1.165, 1.54) is 18.4 Å². The molecule has 2 N–H and O–H groups in total. The summed E-state index contributed by atoms with van der Waals surface area (Å²) in [7, 11) is 0. The highest BCUT2D eigenvalue weighted by molar-refractivity contribution is 5.86. The number of hydrogen-bond donors (Lipinski definition) is 1. The van der Waals surface area contributed by atoms with E-state index in [0.717, 1.165) is 41.5 Å². The fraction of sp³-hybridized carbons (Fsp3) is 0.300. The second-order valence-electron chi connectivity index (χ2n) is 6.29. The highest BCUT2D eigenvalue weighted by Crippen LogP contribution is 2.32. The van der Waals surface area contributed by atoms with Gasteiger partial charge >= 0.3 is 0 Å². The molecular weight excluding hydrogens is 403 g/mol. The first-order valence-corrected chi connectivity index (χ1v) is 8.46. The maximum atomic E-state index is 5.76. The zero-order valence-corrected chi connectivity index (χ0v) is 17.2. The van der Waals surface area contributed by atoms with Gasteiger partial charge in [0.15, 0.2) is 0 Å². The van der Waals surface area contributed by atoms with Crippen LogP contribution in [0.3, 0.4) is 0 Å². The molecular formula is C20H23Cl3N4. The van der Waals surface area contributed by atoms with Gasteiger partial charge in [0.25, 0.3) is 0 Å². The second kappa shape index (κ2) is 10.5. The third kappa shape index (κ3) is 5.60. The monoisotopic (exact) mass is 424 g/mol. The summed E-state index contributed by atoms with van der Waals surface area (Å²) in [5.74, 6) is 8.18. The number of fused-ring (bicyclic) bond motifs is 1. The van der Waals surface area contributed by atoms with Crippen LogP contribution in [-0.4, -0.2) is 21.1 Å². The summed E-state index contributed by atoms with van der Waals surface area (Å²) in [5, 5.41) is 0. The van der Waals surface area contributed by atoms with Crippen LogP contribution >= 0.6 is 37.2 Å². The Morgan fingerprint density at radius 1 is 1.07 bits per heavy atom. The molecule has 1 aromatic carbocycles. The van der Waals surface area contributed by atoms with E-state index in [1.54, 1.807) is 6.20 Å². The molecule has 2 heterocycles. The molecule has 7 heteroatoms. The van der Waals surface area contributed by atoms with E-state index in [1.807, 2.05) is 18.2 Å². The first kappa shape index (κ1) is 23.3. The van der Waals surface area contributed by atoms with Gasteiger partial charge in [0.2, 0.25) is 0 Å². The normalized spacial score (nSPS) is 12.2. The van der Waals surface area contributed by atoms with Crippen LogP contribution in [0.4, 0.5) is 0 Å². The maximum Gasteiger partial charge on any atom is 0.113 e. The predicted molar refractivity (Wildman–Crippen MR) is 117 cm³/mol. The van der Waals surface area contributed by atoms with E-state index >= 15 is 0 Å². The van der Waals surface area contributed by atoms with Crippen LogP contribution in [0.2, 0.25) is 0 Å². The zero-order chi connectivity index (χ0) is 16.4. The largest absolute Gasteiger partial charge is 0.330 e. The minimum Gasteiger partial charge on any atom is -0.330 e. The van der Waals surface area contributed by atoms with Gasteiger partial charge in [0, 0.05) is 24.7 Å². The molecule has 1 fully saturated rings. The molecule has 0 atom stereocenters. The molecule has 3 aromatic rings. The Balaban J connectivity index is 0.00000121. The molecule has 0 aliphatic heterocycles. The molecule has 0 radical (unpaired) electrons. The van der Waals surface area contributed by atoms with Crippen molar-refractivity contribution in [3.63, 3.8) is 0 Å². The highest BCUT2D eigenvalue weighted by Gasteiger charge is 2.24. The van der Waals surface area contributed by atoms with Crippen molar-refractivity contribution in [3.8, 4) is 11.8 Å². The van der Waals surface area contributed by atoms with Crippen LogP contribution in [0.1, 0.15) is 29.9 Å². The van der Waals surface area contributed by atoms with E-state index in [0.29, 0.717) is 6.54 Å². The predicted octanol–water partition coefficient (Wildman–Crippen LogP) is 4.01. The lowest BCUT2D eigenvalue weighted by Crippen LogP contribution is -2.11. The SMILES string of the molecule is Cl.Cl.Cl.NCCc1nc2cc(C#Cc3ccccn3)ccc2n1CC1CC1. The van der Waals surface area contributed by atoms with Gasteiger partial charge < -0.3 is 10.3 Å². The summed E-state index contributed by atoms with van der Waals surface area (Å²) in [5.41, 5.74) is 9.69. The number of benzene rings is 1. The Hall–Kier alpha value is -1.77. The summed E-state index contributed by atoms with van der Waals surface area (Å²) in [4.78, 5) is 9.03. The van der Waals surface area contributed by atoms with Gasteiger partial charge in [-0.1, -0.05) is 12.0 Å². The summed E-state index contributed by atoms with van der Waals surface area (Å²) in [6.07, 6.45) is 5.23. The van der Waals surface area contributed by atoms with Crippen molar-refractivity contribution in [3.05, 3.63) is 59.7 Å². The second-order valence-corrected chi connectivity index (χ2v) is 6.29. The van der Waals surface area contributed by atoms with E-state index in [-0.39, 0.29) is 37.2 Å². The van der Waals surface area contributed by atoms with E-state index in [9.17, 15) is 0 Å². The van der Waals surface area contributed by atoms with Gasteiger partial charge in [-0.05, 0) is 61.6 Å². The Kier molecular flexibility index (Phi) is 9.08. The molecule has 1 saturated carbocycles. The van der Waals surface area contributed by atoms with Gasteiger partial charge in [-0.2, -0.15) is 0 Å². The Morgan fingerprint density at radius 3 is 2.56 bits per heavy atom. The number of aromatic nitrogens is 3. The summed E-state index contributed by atoms with van der Waals surface area (Å²) < 4.78 is 2.34. The summed E-state index contributed by atoms with van der Waals surface area (Å²) >= 11 is 0. The topological polar surface area (TPSA) is 56.7 Å². The third-order valence-corrected chi connectivity index (χ3v) is 4.33. The maximum absolute atomic E-state index is 5.76. The number of hydrogen-bond acceptors (Lipinski definition) is 3. The first-order valence-electron chi connectivity index (χ1n) is 8.46. The summed E-state index contributed by atoms with van der Waals surface area (Å²) in [6, 6.07) is 12.0. The van der Waals surface area contributed by atoms with Crippen molar-refractivity contribution < 1.29 is 0 Å². The fourth-order valence-electron chi connectivity index (χ4n) is 2.91. The molecule has 0 saturated heterocycles. The Morgan fingerprint density at radius 2 is 1.89 bits per heavy atom. The van der Waals surface area contributed by atoms with Crippen LogP contribution in [0, 0.1) is 17.8 Å². The number of halogens is 3. The number of pyridine rings is 1. The first-order chi connectivity index (χ1) is 11.8. The lowest BCUT2D eigenvalue weighted by Gasteiger charge is -2.07. The average Bonchev–Trinajstić information content (AvgIpc) is 3.37. The standard InChI is InChI=1S/C20H20N4.3ClH/c21-11-10-20-23-18-13-15(6-8-17-3-1-2-12-22-17)7-9-19(18)24(20)14-16-4-5-16;;;/h1-3,7,9,12-13,16H,4-5,10-11,14,21H2;3*1H. The molecule has 144 valence electrons. The highest BCUT2D eigenvalue weighted by atomic mass is 35.5. The quantitative estimate of drug-likeness (QED) is 0.643. The number of nitrogens with two attached hydrogens (primary N) is 1. The van der Waals surface area contributed by atoms with Crippen molar-refractivity contribution in [2.45, 2.75) is 25.8 Å². The number of nitrogens with zero attached hydrogens (tertiary/aromatic N) is 3. The van der Waals surface area contributed by atoms with Crippen LogP contribution < -0.4 is 5.73 Å².